The van der Waals surface area contributed by atoms with Gasteiger partial charge in [0.15, 0.2) is 0 Å². The normalized spacial score (nSPS) is 10.5. The lowest BCUT2D eigenvalue weighted by atomic mass is 10.1. The highest BCUT2D eigenvalue weighted by atomic mass is 16.2. The Hall–Kier alpha value is -1.94. The zero-order valence-electron chi connectivity index (χ0n) is 7.91. The molecule has 1 heterocycles. The monoisotopic (exact) mass is 201 g/mol. The summed E-state index contributed by atoms with van der Waals surface area (Å²) in [6.07, 6.45) is 1.51. The number of H-pyrrole nitrogens is 1. The van der Waals surface area contributed by atoms with E-state index in [-0.39, 0.29) is 0 Å². The quantitative estimate of drug-likeness (QED) is 0.598. The summed E-state index contributed by atoms with van der Waals surface area (Å²) >= 11 is 0. The van der Waals surface area contributed by atoms with Crippen LogP contribution in [-0.4, -0.2) is 23.1 Å². The van der Waals surface area contributed by atoms with Crippen LogP contribution in [0.5, 0.6) is 0 Å². The summed E-state index contributed by atoms with van der Waals surface area (Å²) in [5.74, 6) is -1.28. The number of benzene rings is 1. The molecule has 0 saturated carbocycles. The molecule has 0 aliphatic heterocycles. The number of aromatic nitrogens is 1. The SMILES string of the molecule is [NH]CC(=O)C(=O)c1c[nH]c2ccccc12. The Morgan fingerprint density at radius 3 is 2.73 bits per heavy atom. The minimum Gasteiger partial charge on any atom is -0.360 e. The van der Waals surface area contributed by atoms with Crippen molar-refractivity contribution < 1.29 is 9.59 Å². The number of fused-ring (bicyclic) bond motifs is 1. The minimum atomic E-state index is -0.681. The van der Waals surface area contributed by atoms with Crippen LogP contribution in [0.25, 0.3) is 10.9 Å². The number of para-hydroxylation sites is 1. The standard InChI is InChI=1S/C11H9N2O2/c12-5-10(14)11(15)8-6-13-9-4-2-1-3-7(8)9/h1-4,6,12-13H,5H2. The first-order valence-electron chi connectivity index (χ1n) is 4.52. The number of hydrogen-bond donors (Lipinski definition) is 1. The lowest BCUT2D eigenvalue weighted by Gasteiger charge is -1.95. The lowest BCUT2D eigenvalue weighted by molar-refractivity contribution is -0.113. The fourth-order valence-electron chi connectivity index (χ4n) is 1.49. The van der Waals surface area contributed by atoms with E-state index in [2.05, 4.69) is 4.98 Å². The number of carbonyl (C=O) groups excluding carboxylic acids is 2. The van der Waals surface area contributed by atoms with Gasteiger partial charge in [0.25, 0.3) is 0 Å². The highest BCUT2D eigenvalue weighted by Gasteiger charge is 2.17. The first-order valence-corrected chi connectivity index (χ1v) is 4.52. The van der Waals surface area contributed by atoms with Gasteiger partial charge in [-0.3, -0.25) is 9.59 Å². The Kier molecular flexibility index (Phi) is 2.35. The molecular weight excluding hydrogens is 192 g/mol. The van der Waals surface area contributed by atoms with E-state index < -0.39 is 18.1 Å². The lowest BCUT2D eigenvalue weighted by Crippen LogP contribution is -2.18. The van der Waals surface area contributed by atoms with E-state index in [4.69, 9.17) is 5.73 Å². The van der Waals surface area contributed by atoms with E-state index in [1.165, 1.54) is 6.20 Å². The van der Waals surface area contributed by atoms with Crippen LogP contribution in [0, 0.1) is 0 Å². The number of aromatic amines is 1. The summed E-state index contributed by atoms with van der Waals surface area (Å²) in [6, 6.07) is 7.26. The second-order valence-electron chi connectivity index (χ2n) is 3.18. The molecule has 4 nitrogen and oxygen atoms in total. The second kappa shape index (κ2) is 3.67. The summed E-state index contributed by atoms with van der Waals surface area (Å²) in [4.78, 5) is 25.6. The average Bonchev–Trinajstić information content (AvgIpc) is 2.70. The molecule has 4 heteroatoms. The van der Waals surface area contributed by atoms with Gasteiger partial charge in [0.1, 0.15) is 0 Å². The first-order chi connectivity index (χ1) is 7.24. The molecule has 0 spiro atoms. The van der Waals surface area contributed by atoms with Crippen molar-refractivity contribution in [3.8, 4) is 0 Å². The van der Waals surface area contributed by atoms with Gasteiger partial charge in [-0.15, -0.1) is 0 Å². The van der Waals surface area contributed by atoms with Crippen LogP contribution in [0.3, 0.4) is 0 Å². The van der Waals surface area contributed by atoms with Gasteiger partial charge in [-0.25, -0.2) is 5.73 Å². The highest BCUT2D eigenvalue weighted by molar-refractivity contribution is 6.46. The second-order valence-corrected chi connectivity index (χ2v) is 3.18. The molecule has 2 rings (SSSR count). The van der Waals surface area contributed by atoms with Crippen molar-refractivity contribution in [3.05, 3.63) is 36.0 Å². The van der Waals surface area contributed by atoms with Crippen LogP contribution in [0.4, 0.5) is 0 Å². The third-order valence-corrected chi connectivity index (χ3v) is 2.25. The van der Waals surface area contributed by atoms with E-state index in [0.717, 1.165) is 10.9 Å². The van der Waals surface area contributed by atoms with Gasteiger partial charge in [-0.2, -0.15) is 0 Å². The van der Waals surface area contributed by atoms with Crippen LogP contribution >= 0.6 is 0 Å². The van der Waals surface area contributed by atoms with Crippen LogP contribution in [0.2, 0.25) is 0 Å². The molecular formula is C11H9N2O2. The molecule has 0 fully saturated rings. The number of rotatable bonds is 3. The third-order valence-electron chi connectivity index (χ3n) is 2.25. The van der Waals surface area contributed by atoms with E-state index in [9.17, 15) is 9.59 Å². The fourth-order valence-corrected chi connectivity index (χ4v) is 1.49. The van der Waals surface area contributed by atoms with Gasteiger partial charge < -0.3 is 4.98 Å². The van der Waals surface area contributed by atoms with Crippen molar-refractivity contribution >= 4 is 22.5 Å². The van der Waals surface area contributed by atoms with Crippen LogP contribution in [0.1, 0.15) is 10.4 Å². The van der Waals surface area contributed by atoms with Crippen LogP contribution in [-0.2, 0) is 4.79 Å². The molecule has 0 atom stereocenters. The topological polar surface area (TPSA) is 73.7 Å². The maximum absolute atomic E-state index is 11.6. The van der Waals surface area contributed by atoms with Crippen molar-refractivity contribution in [1.29, 1.82) is 0 Å². The van der Waals surface area contributed by atoms with E-state index in [1.54, 1.807) is 12.1 Å². The van der Waals surface area contributed by atoms with Gasteiger partial charge in [0, 0.05) is 17.1 Å². The smallest absolute Gasteiger partial charge is 0.232 e. The Bertz CT molecular complexity index is 528. The van der Waals surface area contributed by atoms with Crippen molar-refractivity contribution in [2.75, 3.05) is 6.54 Å². The van der Waals surface area contributed by atoms with Gasteiger partial charge in [0.05, 0.1) is 12.1 Å². The average molecular weight is 201 g/mol. The molecule has 15 heavy (non-hydrogen) atoms. The molecule has 0 bridgehead atoms. The van der Waals surface area contributed by atoms with Crippen molar-refractivity contribution in [3.63, 3.8) is 0 Å². The number of nitrogens with one attached hydrogen (secondary N) is 2. The molecule has 1 radical (unpaired) electrons. The first kappa shape index (κ1) is 9.61. The van der Waals surface area contributed by atoms with Gasteiger partial charge in [0.2, 0.25) is 11.6 Å². The van der Waals surface area contributed by atoms with Gasteiger partial charge >= 0.3 is 0 Å². The molecule has 0 aliphatic rings. The fraction of sp³-hybridized carbons (Fsp3) is 0.0909. The summed E-state index contributed by atoms with van der Waals surface area (Å²) < 4.78 is 0. The van der Waals surface area contributed by atoms with E-state index >= 15 is 0 Å². The van der Waals surface area contributed by atoms with Gasteiger partial charge in [-0.05, 0) is 6.07 Å². The molecule has 2 aromatic rings. The largest absolute Gasteiger partial charge is 0.360 e. The predicted molar refractivity (Wildman–Crippen MR) is 55.6 cm³/mol. The van der Waals surface area contributed by atoms with Gasteiger partial charge in [-0.1, -0.05) is 18.2 Å². The molecule has 0 amide bonds. The molecule has 0 unspecified atom stereocenters. The third kappa shape index (κ3) is 1.55. The maximum Gasteiger partial charge on any atom is 0.232 e. The predicted octanol–water partition coefficient (Wildman–Crippen LogP) is 1.20. The molecule has 75 valence electrons. The molecule has 0 aliphatic carbocycles. The zero-order chi connectivity index (χ0) is 10.8. The molecule has 1 aromatic heterocycles. The van der Waals surface area contributed by atoms with Crippen molar-refractivity contribution in [1.82, 2.24) is 10.7 Å². The Labute approximate surface area is 86.1 Å². The number of ketones is 2. The Morgan fingerprint density at radius 1 is 1.27 bits per heavy atom. The molecule has 2 N–H and O–H groups in total. The summed E-state index contributed by atoms with van der Waals surface area (Å²) in [6.45, 7) is -0.502. The zero-order valence-corrected chi connectivity index (χ0v) is 7.91. The van der Waals surface area contributed by atoms with Crippen molar-refractivity contribution in [2.24, 2.45) is 0 Å². The summed E-state index contributed by atoms with van der Waals surface area (Å²) in [7, 11) is 0. The number of hydrogen-bond acceptors (Lipinski definition) is 2. The maximum atomic E-state index is 11.6. The van der Waals surface area contributed by atoms with E-state index in [1.807, 2.05) is 12.1 Å². The Balaban J connectivity index is 2.53. The number of Topliss-reactive ketones (excluding diaryl/α,β-unsaturated/α-hetero) is 2. The summed E-state index contributed by atoms with van der Waals surface area (Å²) in [5, 5.41) is 0.726. The summed E-state index contributed by atoms with van der Waals surface area (Å²) in [5.41, 5.74) is 8.04. The van der Waals surface area contributed by atoms with Crippen LogP contribution < -0.4 is 5.73 Å². The highest BCUT2D eigenvalue weighted by Crippen LogP contribution is 2.18. The van der Waals surface area contributed by atoms with Crippen molar-refractivity contribution in [2.45, 2.75) is 0 Å². The number of carbonyl (C=O) groups is 2. The van der Waals surface area contributed by atoms with E-state index in [0.29, 0.717) is 5.56 Å². The molecule has 1 aromatic carbocycles. The minimum absolute atomic E-state index is 0.350. The Morgan fingerprint density at radius 2 is 2.00 bits per heavy atom. The molecule has 0 saturated heterocycles. The van der Waals surface area contributed by atoms with Crippen LogP contribution in [0.15, 0.2) is 30.5 Å².